The van der Waals surface area contributed by atoms with Crippen molar-refractivity contribution in [3.63, 3.8) is 0 Å². The molecule has 0 aliphatic heterocycles. The topological polar surface area (TPSA) is 103 Å². The van der Waals surface area contributed by atoms with Gasteiger partial charge < -0.3 is 10.8 Å². The van der Waals surface area contributed by atoms with Crippen molar-refractivity contribution in [2.45, 2.75) is 28.7 Å². The Bertz CT molecular complexity index is 859. The number of aromatic nitrogens is 5. The van der Waals surface area contributed by atoms with Crippen LogP contribution < -0.4 is 5.73 Å². The fourth-order valence-corrected chi connectivity index (χ4v) is 4.26. The summed E-state index contributed by atoms with van der Waals surface area (Å²) < 4.78 is 33.5. The SMILES string of the molecule is C[C@@H](Sc1nc(N)ns1)[C@](O)(Cn1cncn1)c1ccc(F)cc1F. The first kappa shape index (κ1) is 17.7. The summed E-state index contributed by atoms with van der Waals surface area (Å²) in [6.45, 7) is 1.64. The highest BCUT2D eigenvalue weighted by molar-refractivity contribution is 8.01. The van der Waals surface area contributed by atoms with Crippen LogP contribution in [0.3, 0.4) is 0 Å². The van der Waals surface area contributed by atoms with Crippen LogP contribution in [0.4, 0.5) is 14.7 Å². The number of thioether (sulfide) groups is 1. The number of anilines is 1. The van der Waals surface area contributed by atoms with Gasteiger partial charge in [-0.1, -0.05) is 17.8 Å². The van der Waals surface area contributed by atoms with Gasteiger partial charge in [-0.25, -0.2) is 18.4 Å². The van der Waals surface area contributed by atoms with Gasteiger partial charge in [0.25, 0.3) is 0 Å². The summed E-state index contributed by atoms with van der Waals surface area (Å²) in [5.41, 5.74) is 3.78. The quantitative estimate of drug-likeness (QED) is 0.627. The Balaban J connectivity index is 1.98. The number of nitrogens with two attached hydrogens (primary N) is 1. The lowest BCUT2D eigenvalue weighted by Crippen LogP contribution is -2.41. The second-order valence-corrected chi connectivity index (χ2v) is 7.66. The van der Waals surface area contributed by atoms with Crippen molar-refractivity contribution >= 4 is 29.2 Å². The summed E-state index contributed by atoms with van der Waals surface area (Å²) in [6, 6.07) is 3.07. The van der Waals surface area contributed by atoms with E-state index < -0.39 is 22.5 Å². The number of rotatable bonds is 6. The smallest absolute Gasteiger partial charge is 0.232 e. The van der Waals surface area contributed by atoms with Gasteiger partial charge in [0.05, 0.1) is 6.54 Å². The highest BCUT2D eigenvalue weighted by atomic mass is 32.2. The Hall–Kier alpha value is -2.11. The molecule has 0 unspecified atom stereocenters. The van der Waals surface area contributed by atoms with Gasteiger partial charge in [-0.15, -0.1) is 0 Å². The molecule has 3 N–H and O–H groups in total. The molecule has 0 aliphatic rings. The zero-order valence-electron chi connectivity index (χ0n) is 13.0. The van der Waals surface area contributed by atoms with Crippen molar-refractivity contribution in [1.29, 1.82) is 0 Å². The molecule has 25 heavy (non-hydrogen) atoms. The van der Waals surface area contributed by atoms with Crippen LogP contribution in [0.5, 0.6) is 0 Å². The van der Waals surface area contributed by atoms with E-state index in [-0.39, 0.29) is 18.1 Å². The molecule has 0 radical (unpaired) electrons. The van der Waals surface area contributed by atoms with E-state index in [1.165, 1.54) is 35.2 Å². The normalized spacial score (nSPS) is 15.0. The molecule has 7 nitrogen and oxygen atoms in total. The highest BCUT2D eigenvalue weighted by Crippen LogP contribution is 2.39. The summed E-state index contributed by atoms with van der Waals surface area (Å²) in [7, 11) is 0. The first-order chi connectivity index (χ1) is 11.9. The van der Waals surface area contributed by atoms with E-state index in [9.17, 15) is 13.9 Å². The van der Waals surface area contributed by atoms with Gasteiger partial charge in [-0.2, -0.15) is 14.5 Å². The van der Waals surface area contributed by atoms with Crippen molar-refractivity contribution in [1.82, 2.24) is 24.1 Å². The van der Waals surface area contributed by atoms with Crippen molar-refractivity contribution in [2.24, 2.45) is 0 Å². The zero-order chi connectivity index (χ0) is 18.0. The third-order valence-electron chi connectivity index (χ3n) is 3.64. The van der Waals surface area contributed by atoms with Gasteiger partial charge >= 0.3 is 0 Å². The molecule has 2 atom stereocenters. The number of hydrogen-bond donors (Lipinski definition) is 2. The Labute approximate surface area is 150 Å². The number of nitrogen functional groups attached to an aromatic ring is 1. The summed E-state index contributed by atoms with van der Waals surface area (Å²) in [5, 5.41) is 14.7. The average molecular weight is 384 g/mol. The molecule has 3 rings (SSSR count). The fraction of sp³-hybridized carbons (Fsp3) is 0.286. The molecule has 2 heterocycles. The first-order valence-electron chi connectivity index (χ1n) is 7.14. The molecule has 0 bridgehead atoms. The van der Waals surface area contributed by atoms with Crippen molar-refractivity contribution in [3.05, 3.63) is 48.1 Å². The molecule has 132 valence electrons. The minimum atomic E-state index is -1.70. The fourth-order valence-electron chi connectivity index (χ4n) is 2.35. The van der Waals surface area contributed by atoms with E-state index in [1.54, 1.807) is 6.92 Å². The van der Waals surface area contributed by atoms with E-state index in [1.807, 2.05) is 0 Å². The molecule has 3 aromatic rings. The third kappa shape index (κ3) is 3.78. The molecular formula is C14H14F2N6OS2. The maximum absolute atomic E-state index is 14.4. The molecule has 0 spiro atoms. The van der Waals surface area contributed by atoms with Crippen LogP contribution in [-0.2, 0) is 12.1 Å². The standard InChI is InChI=1S/C14H14F2N6OS2/c1-8(24-13-20-12(17)21-25-13)14(23,5-22-7-18-6-19-22)10-3-2-9(15)4-11(10)16/h2-4,6-8,23H,5H2,1H3,(H2,17,21)/t8-,14-/m1/s1. The molecule has 0 fully saturated rings. The van der Waals surface area contributed by atoms with E-state index in [2.05, 4.69) is 19.4 Å². The lowest BCUT2D eigenvalue weighted by Gasteiger charge is -2.33. The molecule has 1 aromatic carbocycles. The van der Waals surface area contributed by atoms with Crippen LogP contribution in [0.15, 0.2) is 35.2 Å². The monoisotopic (exact) mass is 384 g/mol. The second-order valence-electron chi connectivity index (χ2n) is 5.32. The Morgan fingerprint density at radius 3 is 2.84 bits per heavy atom. The molecular weight excluding hydrogens is 370 g/mol. The molecule has 11 heteroatoms. The predicted octanol–water partition coefficient (Wildman–Crippen LogP) is 2.06. The zero-order valence-corrected chi connectivity index (χ0v) is 14.6. The number of aliphatic hydroxyl groups is 1. The molecule has 0 aliphatic carbocycles. The summed E-state index contributed by atoms with van der Waals surface area (Å²) in [4.78, 5) is 7.87. The summed E-state index contributed by atoms with van der Waals surface area (Å²) >= 11 is 2.27. The summed E-state index contributed by atoms with van der Waals surface area (Å²) in [6.07, 6.45) is 2.72. The summed E-state index contributed by atoms with van der Waals surface area (Å²) in [5.74, 6) is -1.43. The maximum Gasteiger partial charge on any atom is 0.232 e. The van der Waals surface area contributed by atoms with Gasteiger partial charge in [-0.05, 0) is 24.5 Å². The van der Waals surface area contributed by atoms with Crippen LogP contribution in [0.25, 0.3) is 0 Å². The predicted molar refractivity (Wildman–Crippen MR) is 89.9 cm³/mol. The van der Waals surface area contributed by atoms with Gasteiger partial charge in [0.2, 0.25) is 5.95 Å². The van der Waals surface area contributed by atoms with Crippen molar-refractivity contribution < 1.29 is 13.9 Å². The first-order valence-corrected chi connectivity index (χ1v) is 8.80. The molecule has 0 saturated carbocycles. The van der Waals surface area contributed by atoms with E-state index >= 15 is 0 Å². The largest absolute Gasteiger partial charge is 0.382 e. The van der Waals surface area contributed by atoms with Crippen LogP contribution in [0, 0.1) is 11.6 Å². The Kier molecular flexibility index (Phi) is 4.97. The highest BCUT2D eigenvalue weighted by Gasteiger charge is 2.40. The number of hydrogen-bond acceptors (Lipinski definition) is 8. The Morgan fingerprint density at radius 2 is 2.24 bits per heavy atom. The average Bonchev–Trinajstić information content (AvgIpc) is 3.18. The van der Waals surface area contributed by atoms with Crippen LogP contribution in [-0.4, -0.2) is 34.5 Å². The minimum absolute atomic E-state index is 0.0399. The van der Waals surface area contributed by atoms with Gasteiger partial charge in [-0.3, -0.25) is 0 Å². The minimum Gasteiger partial charge on any atom is -0.382 e. The Morgan fingerprint density at radius 1 is 1.44 bits per heavy atom. The molecule has 0 amide bonds. The van der Waals surface area contributed by atoms with Crippen LogP contribution in [0.2, 0.25) is 0 Å². The van der Waals surface area contributed by atoms with Gasteiger partial charge in [0.1, 0.15) is 29.9 Å². The van der Waals surface area contributed by atoms with Crippen LogP contribution >= 0.6 is 23.3 Å². The molecule has 0 saturated heterocycles. The maximum atomic E-state index is 14.4. The van der Waals surface area contributed by atoms with Gasteiger partial charge in [0, 0.05) is 16.9 Å². The number of benzene rings is 1. The van der Waals surface area contributed by atoms with Gasteiger partial charge in [0.15, 0.2) is 4.34 Å². The number of nitrogens with zero attached hydrogens (tertiary/aromatic N) is 5. The van der Waals surface area contributed by atoms with Crippen molar-refractivity contribution in [2.75, 3.05) is 5.73 Å². The van der Waals surface area contributed by atoms with E-state index in [0.29, 0.717) is 4.34 Å². The van der Waals surface area contributed by atoms with Crippen LogP contribution in [0.1, 0.15) is 12.5 Å². The molecule has 2 aromatic heterocycles. The van der Waals surface area contributed by atoms with E-state index in [0.717, 1.165) is 23.7 Å². The lowest BCUT2D eigenvalue weighted by molar-refractivity contribution is 0.0133. The lowest BCUT2D eigenvalue weighted by atomic mass is 9.90. The van der Waals surface area contributed by atoms with Crippen molar-refractivity contribution in [3.8, 4) is 0 Å². The van der Waals surface area contributed by atoms with E-state index in [4.69, 9.17) is 5.73 Å². The third-order valence-corrected chi connectivity index (χ3v) is 5.71. The number of halogens is 2. The second kappa shape index (κ2) is 7.02.